The maximum absolute atomic E-state index is 13.1. The maximum atomic E-state index is 13.1. The SMILES string of the molecule is CC1CCN(C(=O)C(C)(C)C(=O)N2CCN(c3ccccn3)CC2)CC1. The number of hydrogen-bond donors (Lipinski definition) is 0. The smallest absolute Gasteiger partial charge is 0.237 e. The number of carbonyl (C=O) groups excluding carboxylic acids is 2. The molecule has 0 unspecified atom stereocenters. The number of nitrogens with zero attached hydrogens (tertiary/aromatic N) is 4. The summed E-state index contributed by atoms with van der Waals surface area (Å²) < 4.78 is 0. The van der Waals surface area contributed by atoms with Gasteiger partial charge in [-0.05, 0) is 44.7 Å². The van der Waals surface area contributed by atoms with Crippen LogP contribution in [0.15, 0.2) is 24.4 Å². The van der Waals surface area contributed by atoms with Crippen molar-refractivity contribution in [2.45, 2.75) is 33.6 Å². The molecule has 3 heterocycles. The van der Waals surface area contributed by atoms with Crippen molar-refractivity contribution in [3.8, 4) is 0 Å². The van der Waals surface area contributed by atoms with Crippen LogP contribution in [0.3, 0.4) is 0 Å². The van der Waals surface area contributed by atoms with Gasteiger partial charge in [0.2, 0.25) is 11.8 Å². The van der Waals surface area contributed by atoms with Crippen LogP contribution < -0.4 is 4.90 Å². The van der Waals surface area contributed by atoms with E-state index in [0.717, 1.165) is 44.8 Å². The lowest BCUT2D eigenvalue weighted by Gasteiger charge is -2.40. The fraction of sp³-hybridized carbons (Fsp3) is 0.650. The third kappa shape index (κ3) is 3.84. The normalized spacial score (nSPS) is 19.6. The molecule has 0 radical (unpaired) electrons. The zero-order valence-corrected chi connectivity index (χ0v) is 16.1. The highest BCUT2D eigenvalue weighted by atomic mass is 16.2. The molecule has 2 saturated heterocycles. The van der Waals surface area contributed by atoms with Crippen LogP contribution in [0.2, 0.25) is 0 Å². The number of rotatable bonds is 3. The molecule has 0 N–H and O–H groups in total. The number of hydrogen-bond acceptors (Lipinski definition) is 4. The molecule has 0 atom stereocenters. The summed E-state index contributed by atoms with van der Waals surface area (Å²) in [7, 11) is 0. The average Bonchev–Trinajstić information content (AvgIpc) is 2.68. The highest BCUT2D eigenvalue weighted by Crippen LogP contribution is 2.27. The Morgan fingerprint density at radius 3 is 2.08 bits per heavy atom. The van der Waals surface area contributed by atoms with Gasteiger partial charge in [-0.2, -0.15) is 0 Å². The molecule has 6 heteroatoms. The number of anilines is 1. The number of likely N-dealkylation sites (tertiary alicyclic amines) is 1. The summed E-state index contributed by atoms with van der Waals surface area (Å²) in [5.41, 5.74) is -0.992. The first-order valence-electron chi connectivity index (χ1n) is 9.64. The van der Waals surface area contributed by atoms with Gasteiger partial charge >= 0.3 is 0 Å². The highest BCUT2D eigenvalue weighted by Gasteiger charge is 2.42. The highest BCUT2D eigenvalue weighted by molar-refractivity contribution is 6.04. The van der Waals surface area contributed by atoms with Crippen molar-refractivity contribution in [2.75, 3.05) is 44.2 Å². The van der Waals surface area contributed by atoms with E-state index in [4.69, 9.17) is 0 Å². The second-order valence-corrected chi connectivity index (χ2v) is 8.07. The Bertz CT molecular complexity index is 630. The van der Waals surface area contributed by atoms with E-state index in [1.54, 1.807) is 20.0 Å². The van der Waals surface area contributed by atoms with Crippen molar-refractivity contribution in [3.63, 3.8) is 0 Å². The predicted octanol–water partition coefficient (Wildman–Crippen LogP) is 2.01. The Hall–Kier alpha value is -2.11. The summed E-state index contributed by atoms with van der Waals surface area (Å²) in [5.74, 6) is 1.53. The maximum Gasteiger partial charge on any atom is 0.237 e. The van der Waals surface area contributed by atoms with E-state index in [2.05, 4.69) is 16.8 Å². The first-order valence-corrected chi connectivity index (χ1v) is 9.64. The minimum Gasteiger partial charge on any atom is -0.353 e. The van der Waals surface area contributed by atoms with Gasteiger partial charge in [-0.1, -0.05) is 13.0 Å². The summed E-state index contributed by atoms with van der Waals surface area (Å²) in [5, 5.41) is 0. The number of carbonyl (C=O) groups is 2. The Kier molecular flexibility index (Phi) is 5.49. The number of aromatic nitrogens is 1. The zero-order chi connectivity index (χ0) is 18.7. The number of piperidine rings is 1. The van der Waals surface area contributed by atoms with Crippen molar-refractivity contribution in [1.29, 1.82) is 0 Å². The van der Waals surface area contributed by atoms with Crippen LogP contribution in [0.1, 0.15) is 33.6 Å². The van der Waals surface area contributed by atoms with E-state index in [1.807, 2.05) is 28.0 Å². The second-order valence-electron chi connectivity index (χ2n) is 8.07. The molecule has 1 aromatic rings. The molecule has 26 heavy (non-hydrogen) atoms. The molecule has 3 rings (SSSR count). The van der Waals surface area contributed by atoms with E-state index < -0.39 is 5.41 Å². The molecule has 0 spiro atoms. The van der Waals surface area contributed by atoms with E-state index in [-0.39, 0.29) is 11.8 Å². The van der Waals surface area contributed by atoms with E-state index >= 15 is 0 Å². The van der Waals surface area contributed by atoms with Crippen LogP contribution in [0.25, 0.3) is 0 Å². The molecular weight excluding hydrogens is 328 g/mol. The summed E-state index contributed by atoms with van der Waals surface area (Å²) in [6.45, 7) is 10.1. The molecule has 0 aliphatic carbocycles. The Labute approximate surface area is 156 Å². The standard InChI is InChI=1S/C20H30N4O2/c1-16-7-10-23(11-8-16)18(25)20(2,3)19(26)24-14-12-22(13-15-24)17-6-4-5-9-21-17/h4-6,9,16H,7-8,10-15H2,1-3H3. The van der Waals surface area contributed by atoms with Crippen LogP contribution >= 0.6 is 0 Å². The van der Waals surface area contributed by atoms with Crippen molar-refractivity contribution in [3.05, 3.63) is 24.4 Å². The molecule has 0 aromatic carbocycles. The van der Waals surface area contributed by atoms with Crippen LogP contribution in [0, 0.1) is 11.3 Å². The van der Waals surface area contributed by atoms with Crippen molar-refractivity contribution >= 4 is 17.6 Å². The predicted molar refractivity (Wildman–Crippen MR) is 102 cm³/mol. The third-order valence-electron chi connectivity index (χ3n) is 5.68. The van der Waals surface area contributed by atoms with Gasteiger partial charge in [0, 0.05) is 45.5 Å². The molecule has 2 amide bonds. The monoisotopic (exact) mass is 358 g/mol. The fourth-order valence-corrected chi connectivity index (χ4v) is 3.77. The van der Waals surface area contributed by atoms with Crippen molar-refractivity contribution in [1.82, 2.24) is 14.8 Å². The molecule has 2 aliphatic rings. The lowest BCUT2D eigenvalue weighted by molar-refractivity contribution is -0.155. The van der Waals surface area contributed by atoms with Gasteiger partial charge in [0.1, 0.15) is 11.2 Å². The van der Waals surface area contributed by atoms with Crippen LogP contribution in [0.4, 0.5) is 5.82 Å². The minimum atomic E-state index is -0.992. The fourth-order valence-electron chi connectivity index (χ4n) is 3.77. The number of amides is 2. The largest absolute Gasteiger partial charge is 0.353 e. The van der Waals surface area contributed by atoms with E-state index in [1.165, 1.54) is 0 Å². The lowest BCUT2D eigenvalue weighted by Crippen LogP contribution is -2.56. The van der Waals surface area contributed by atoms with Gasteiger partial charge < -0.3 is 14.7 Å². The van der Waals surface area contributed by atoms with Crippen molar-refractivity contribution < 1.29 is 9.59 Å². The van der Waals surface area contributed by atoms with Gasteiger partial charge in [0.25, 0.3) is 0 Å². The van der Waals surface area contributed by atoms with Gasteiger partial charge in [0.15, 0.2) is 0 Å². The van der Waals surface area contributed by atoms with Gasteiger partial charge in [-0.3, -0.25) is 9.59 Å². The quantitative estimate of drug-likeness (QED) is 0.776. The van der Waals surface area contributed by atoms with Gasteiger partial charge in [0.05, 0.1) is 0 Å². The summed E-state index contributed by atoms with van der Waals surface area (Å²) in [6, 6.07) is 5.86. The molecule has 0 bridgehead atoms. The molecule has 2 aliphatic heterocycles. The number of piperazine rings is 1. The van der Waals surface area contributed by atoms with Crippen molar-refractivity contribution in [2.24, 2.45) is 11.3 Å². The Balaban J connectivity index is 1.59. The van der Waals surface area contributed by atoms with Crippen LogP contribution in [-0.2, 0) is 9.59 Å². The first-order chi connectivity index (χ1) is 12.4. The summed E-state index contributed by atoms with van der Waals surface area (Å²) in [4.78, 5) is 36.3. The molecule has 6 nitrogen and oxygen atoms in total. The number of pyridine rings is 1. The van der Waals surface area contributed by atoms with E-state index in [9.17, 15) is 9.59 Å². The molecular formula is C20H30N4O2. The summed E-state index contributed by atoms with van der Waals surface area (Å²) in [6.07, 6.45) is 3.84. The zero-order valence-electron chi connectivity index (χ0n) is 16.1. The topological polar surface area (TPSA) is 56.8 Å². The van der Waals surface area contributed by atoms with Crippen LogP contribution in [0.5, 0.6) is 0 Å². The van der Waals surface area contributed by atoms with Gasteiger partial charge in [-0.25, -0.2) is 4.98 Å². The molecule has 142 valence electrons. The molecule has 2 fully saturated rings. The molecule has 1 aromatic heterocycles. The average molecular weight is 358 g/mol. The second kappa shape index (κ2) is 7.64. The first kappa shape index (κ1) is 18.7. The third-order valence-corrected chi connectivity index (χ3v) is 5.68. The Morgan fingerprint density at radius 2 is 1.54 bits per heavy atom. The molecule has 0 saturated carbocycles. The van der Waals surface area contributed by atoms with Crippen LogP contribution in [-0.4, -0.2) is 65.9 Å². The summed E-state index contributed by atoms with van der Waals surface area (Å²) >= 11 is 0. The van der Waals surface area contributed by atoms with Gasteiger partial charge in [-0.15, -0.1) is 0 Å². The lowest BCUT2D eigenvalue weighted by atomic mass is 9.87. The minimum absolute atomic E-state index is 0.0263. The Morgan fingerprint density at radius 1 is 0.962 bits per heavy atom. The van der Waals surface area contributed by atoms with E-state index in [0.29, 0.717) is 19.0 Å².